The molecule has 1 N–H and O–H groups in total. The van der Waals surface area contributed by atoms with Gasteiger partial charge in [0.15, 0.2) is 0 Å². The number of hydrogen-bond donors (Lipinski definition) is 1. The Hall–Kier alpha value is -2.33. The number of para-hydroxylation sites is 1. The van der Waals surface area contributed by atoms with Gasteiger partial charge < -0.3 is 15.0 Å². The summed E-state index contributed by atoms with van der Waals surface area (Å²) in [4.78, 5) is 14.6. The van der Waals surface area contributed by atoms with Crippen molar-refractivity contribution in [2.45, 2.75) is 45.2 Å². The molecule has 0 aliphatic carbocycles. The van der Waals surface area contributed by atoms with E-state index >= 15 is 0 Å². The van der Waals surface area contributed by atoms with E-state index in [0.29, 0.717) is 18.5 Å². The van der Waals surface area contributed by atoms with Gasteiger partial charge in [0.25, 0.3) is 0 Å². The number of piperidine rings is 1. The first-order chi connectivity index (χ1) is 12.6. The second-order valence-corrected chi connectivity index (χ2v) is 7.22. The molecule has 1 fully saturated rings. The Morgan fingerprint density at radius 1 is 1.08 bits per heavy atom. The van der Waals surface area contributed by atoms with Crippen LogP contribution in [0.25, 0.3) is 0 Å². The van der Waals surface area contributed by atoms with Gasteiger partial charge in [-0.2, -0.15) is 0 Å². The zero-order chi connectivity index (χ0) is 18.4. The largest absolute Gasteiger partial charge is 0.457 e. The zero-order valence-corrected chi connectivity index (χ0v) is 15.7. The molecule has 0 radical (unpaired) electrons. The molecule has 1 amide bonds. The van der Waals surface area contributed by atoms with Crippen LogP contribution >= 0.6 is 0 Å². The molecule has 4 nitrogen and oxygen atoms in total. The van der Waals surface area contributed by atoms with Gasteiger partial charge in [-0.1, -0.05) is 44.2 Å². The van der Waals surface area contributed by atoms with Crippen molar-refractivity contribution in [1.82, 2.24) is 10.2 Å². The van der Waals surface area contributed by atoms with Crippen molar-refractivity contribution in [1.29, 1.82) is 0 Å². The summed E-state index contributed by atoms with van der Waals surface area (Å²) in [6.07, 6.45) is 2.48. The van der Waals surface area contributed by atoms with Crippen LogP contribution in [0.1, 0.15) is 32.3 Å². The third-order valence-electron chi connectivity index (χ3n) is 4.65. The predicted molar refractivity (Wildman–Crippen MR) is 105 cm³/mol. The lowest BCUT2D eigenvalue weighted by Gasteiger charge is -2.33. The van der Waals surface area contributed by atoms with Gasteiger partial charge in [-0.25, -0.2) is 0 Å². The summed E-state index contributed by atoms with van der Waals surface area (Å²) >= 11 is 0. The van der Waals surface area contributed by atoms with Gasteiger partial charge in [-0.05, 0) is 42.7 Å². The Morgan fingerprint density at radius 3 is 2.46 bits per heavy atom. The van der Waals surface area contributed by atoms with Gasteiger partial charge in [0, 0.05) is 25.2 Å². The fourth-order valence-corrected chi connectivity index (χ4v) is 3.40. The van der Waals surface area contributed by atoms with Crippen LogP contribution in [-0.2, 0) is 11.2 Å². The predicted octanol–water partition coefficient (Wildman–Crippen LogP) is 4.01. The number of nitrogens with one attached hydrogen (secondary N) is 1. The summed E-state index contributed by atoms with van der Waals surface area (Å²) in [6.45, 7) is 6.01. The average Bonchev–Trinajstić information content (AvgIpc) is 2.63. The van der Waals surface area contributed by atoms with Crippen molar-refractivity contribution in [2.75, 3.05) is 13.1 Å². The molecule has 138 valence electrons. The third kappa shape index (κ3) is 5.33. The molecule has 0 bridgehead atoms. The number of rotatable bonds is 6. The van der Waals surface area contributed by atoms with Crippen molar-refractivity contribution in [2.24, 2.45) is 0 Å². The molecular formula is C22H28N2O2. The zero-order valence-electron chi connectivity index (χ0n) is 15.7. The van der Waals surface area contributed by atoms with E-state index in [4.69, 9.17) is 4.74 Å². The highest BCUT2D eigenvalue weighted by atomic mass is 16.5. The molecule has 1 saturated heterocycles. The van der Waals surface area contributed by atoms with E-state index in [-0.39, 0.29) is 5.91 Å². The van der Waals surface area contributed by atoms with Gasteiger partial charge in [0.2, 0.25) is 5.91 Å². The van der Waals surface area contributed by atoms with Crippen LogP contribution in [0.5, 0.6) is 11.5 Å². The Labute approximate surface area is 156 Å². The molecule has 3 rings (SSSR count). The standard InChI is InChI=1S/C22H28N2O2/c1-17(2)23-19-11-13-24(14-12-19)22(25)16-18-7-6-10-21(15-18)26-20-8-4-3-5-9-20/h3-10,15,17,19,23H,11-14,16H2,1-2H3. The maximum absolute atomic E-state index is 12.6. The van der Waals surface area contributed by atoms with Crippen LogP contribution in [0, 0.1) is 0 Å². The number of benzene rings is 2. The molecule has 0 saturated carbocycles. The van der Waals surface area contributed by atoms with Crippen LogP contribution in [0.15, 0.2) is 54.6 Å². The first-order valence-corrected chi connectivity index (χ1v) is 9.46. The second kappa shape index (κ2) is 8.86. The topological polar surface area (TPSA) is 41.6 Å². The number of hydrogen-bond acceptors (Lipinski definition) is 3. The molecule has 1 aliphatic heterocycles. The van der Waals surface area contributed by atoms with E-state index in [1.807, 2.05) is 59.5 Å². The minimum atomic E-state index is 0.199. The Balaban J connectivity index is 1.54. The van der Waals surface area contributed by atoms with Gasteiger partial charge in [0.1, 0.15) is 11.5 Å². The summed E-state index contributed by atoms with van der Waals surface area (Å²) in [5.41, 5.74) is 0.992. The lowest BCUT2D eigenvalue weighted by molar-refractivity contribution is -0.131. The quantitative estimate of drug-likeness (QED) is 0.854. The Kier molecular flexibility index (Phi) is 6.29. The third-order valence-corrected chi connectivity index (χ3v) is 4.65. The van der Waals surface area contributed by atoms with Crippen LogP contribution in [0.3, 0.4) is 0 Å². The molecular weight excluding hydrogens is 324 g/mol. The minimum absolute atomic E-state index is 0.199. The monoisotopic (exact) mass is 352 g/mol. The van der Waals surface area contributed by atoms with E-state index in [2.05, 4.69) is 19.2 Å². The van der Waals surface area contributed by atoms with E-state index in [1.54, 1.807) is 0 Å². The fourth-order valence-electron chi connectivity index (χ4n) is 3.40. The van der Waals surface area contributed by atoms with Gasteiger partial charge in [-0.15, -0.1) is 0 Å². The number of nitrogens with zero attached hydrogens (tertiary/aromatic N) is 1. The van der Waals surface area contributed by atoms with Crippen LogP contribution in [0.4, 0.5) is 0 Å². The molecule has 1 heterocycles. The Morgan fingerprint density at radius 2 is 1.77 bits per heavy atom. The summed E-state index contributed by atoms with van der Waals surface area (Å²) in [6, 6.07) is 18.5. The molecule has 2 aromatic rings. The fraction of sp³-hybridized carbons (Fsp3) is 0.409. The lowest BCUT2D eigenvalue weighted by atomic mass is 10.0. The molecule has 26 heavy (non-hydrogen) atoms. The number of ether oxygens (including phenoxy) is 1. The van der Waals surface area contributed by atoms with Crippen LogP contribution in [0.2, 0.25) is 0 Å². The smallest absolute Gasteiger partial charge is 0.226 e. The van der Waals surface area contributed by atoms with Crippen molar-refractivity contribution in [3.05, 3.63) is 60.2 Å². The first-order valence-electron chi connectivity index (χ1n) is 9.46. The molecule has 2 aromatic carbocycles. The summed E-state index contributed by atoms with van der Waals surface area (Å²) in [5, 5.41) is 3.57. The number of likely N-dealkylation sites (tertiary alicyclic amines) is 1. The Bertz CT molecular complexity index is 707. The summed E-state index contributed by atoms with van der Waals surface area (Å²) in [5.74, 6) is 1.77. The molecule has 0 aromatic heterocycles. The number of carbonyl (C=O) groups excluding carboxylic acids is 1. The number of amides is 1. The minimum Gasteiger partial charge on any atom is -0.457 e. The van der Waals surface area contributed by atoms with Crippen molar-refractivity contribution >= 4 is 5.91 Å². The molecule has 1 aliphatic rings. The van der Waals surface area contributed by atoms with E-state index in [9.17, 15) is 4.79 Å². The highest BCUT2D eigenvalue weighted by Gasteiger charge is 2.23. The molecule has 0 spiro atoms. The highest BCUT2D eigenvalue weighted by Crippen LogP contribution is 2.22. The maximum atomic E-state index is 12.6. The van der Waals surface area contributed by atoms with Crippen LogP contribution < -0.4 is 10.1 Å². The maximum Gasteiger partial charge on any atom is 0.226 e. The van der Waals surface area contributed by atoms with Gasteiger partial charge >= 0.3 is 0 Å². The second-order valence-electron chi connectivity index (χ2n) is 7.22. The van der Waals surface area contributed by atoms with Crippen molar-refractivity contribution in [3.8, 4) is 11.5 Å². The molecule has 0 unspecified atom stereocenters. The SMILES string of the molecule is CC(C)NC1CCN(C(=O)Cc2cccc(Oc3ccccc3)c2)CC1. The van der Waals surface area contributed by atoms with Gasteiger partial charge in [-0.3, -0.25) is 4.79 Å². The normalized spacial score (nSPS) is 15.3. The average molecular weight is 352 g/mol. The lowest BCUT2D eigenvalue weighted by Crippen LogP contribution is -2.47. The van der Waals surface area contributed by atoms with Gasteiger partial charge in [0.05, 0.1) is 6.42 Å². The van der Waals surface area contributed by atoms with Crippen molar-refractivity contribution in [3.63, 3.8) is 0 Å². The summed E-state index contributed by atoms with van der Waals surface area (Å²) in [7, 11) is 0. The van der Waals surface area contributed by atoms with E-state index in [0.717, 1.165) is 43.0 Å². The van der Waals surface area contributed by atoms with E-state index in [1.165, 1.54) is 0 Å². The molecule has 4 heteroatoms. The first kappa shape index (κ1) is 18.5. The van der Waals surface area contributed by atoms with Crippen molar-refractivity contribution < 1.29 is 9.53 Å². The number of carbonyl (C=O) groups is 1. The van der Waals surface area contributed by atoms with E-state index < -0.39 is 0 Å². The summed E-state index contributed by atoms with van der Waals surface area (Å²) < 4.78 is 5.86. The van der Waals surface area contributed by atoms with Crippen LogP contribution in [-0.4, -0.2) is 36.0 Å². The highest BCUT2D eigenvalue weighted by molar-refractivity contribution is 5.79. The molecule has 0 atom stereocenters.